The van der Waals surface area contributed by atoms with Crippen molar-refractivity contribution in [1.29, 1.82) is 0 Å². The van der Waals surface area contributed by atoms with E-state index < -0.39 is 11.7 Å². The Balaban J connectivity index is 1.81. The number of halogens is 3. The molecule has 0 bridgehead atoms. The summed E-state index contributed by atoms with van der Waals surface area (Å²) in [6, 6.07) is 5.56. The van der Waals surface area contributed by atoms with Gasteiger partial charge in [0.25, 0.3) is 0 Å². The Morgan fingerprint density at radius 3 is 2.79 bits per heavy atom. The number of pyridine rings is 1. The van der Waals surface area contributed by atoms with Crippen LogP contribution in [0.15, 0.2) is 30.6 Å². The number of thiazole rings is 1. The standard InChI is InChI=1S/C17H20F3N3S/c1-2-7-16(17(18,19)20)8-5-10-23(16)12-13-11-22-15(24-13)14-6-3-4-9-21-14/h3-4,6,9,11H,2,5,7-8,10,12H2,1H3/t16-/m0/s1. The van der Waals surface area contributed by atoms with Gasteiger partial charge in [-0.1, -0.05) is 19.4 Å². The van der Waals surface area contributed by atoms with Crippen LogP contribution in [-0.2, 0) is 6.54 Å². The zero-order chi connectivity index (χ0) is 17.2. The predicted molar refractivity (Wildman–Crippen MR) is 88.7 cm³/mol. The normalized spacial score (nSPS) is 22.2. The van der Waals surface area contributed by atoms with Gasteiger partial charge in [-0.15, -0.1) is 11.3 Å². The first-order chi connectivity index (χ1) is 11.5. The van der Waals surface area contributed by atoms with E-state index in [2.05, 4.69) is 9.97 Å². The van der Waals surface area contributed by atoms with Crippen LogP contribution in [0.2, 0.25) is 0 Å². The van der Waals surface area contributed by atoms with Gasteiger partial charge in [-0.25, -0.2) is 4.98 Å². The van der Waals surface area contributed by atoms with Crippen LogP contribution in [0.25, 0.3) is 10.7 Å². The molecule has 0 amide bonds. The quantitative estimate of drug-likeness (QED) is 0.764. The third kappa shape index (κ3) is 3.19. The molecule has 1 aliphatic heterocycles. The van der Waals surface area contributed by atoms with Gasteiger partial charge in [-0.05, 0) is 37.9 Å². The highest BCUT2D eigenvalue weighted by Crippen LogP contribution is 2.47. The molecule has 130 valence electrons. The molecule has 1 aliphatic rings. The Kier molecular flexibility index (Phi) is 4.92. The summed E-state index contributed by atoms with van der Waals surface area (Å²) in [4.78, 5) is 11.0. The van der Waals surface area contributed by atoms with E-state index in [4.69, 9.17) is 0 Å². The smallest absolute Gasteiger partial charge is 0.285 e. The fourth-order valence-corrected chi connectivity index (χ4v) is 4.41. The molecule has 1 saturated heterocycles. The SMILES string of the molecule is CCC[C@@]1(C(F)(F)F)CCCN1Cc1cnc(-c2ccccn2)s1. The molecule has 2 aromatic rings. The molecule has 0 saturated carbocycles. The van der Waals surface area contributed by atoms with Crippen LogP contribution in [0.1, 0.15) is 37.5 Å². The summed E-state index contributed by atoms with van der Waals surface area (Å²) >= 11 is 1.42. The maximum Gasteiger partial charge on any atom is 0.406 e. The minimum Gasteiger partial charge on any atom is -0.285 e. The molecular formula is C17H20F3N3S. The van der Waals surface area contributed by atoms with Crippen LogP contribution in [-0.4, -0.2) is 33.1 Å². The van der Waals surface area contributed by atoms with Gasteiger partial charge in [-0.2, -0.15) is 13.2 Å². The van der Waals surface area contributed by atoms with E-state index in [0.29, 0.717) is 25.9 Å². The van der Waals surface area contributed by atoms with Gasteiger partial charge in [0.05, 0.1) is 5.69 Å². The second-order valence-electron chi connectivity index (χ2n) is 6.15. The highest BCUT2D eigenvalue weighted by molar-refractivity contribution is 7.14. The first kappa shape index (κ1) is 17.4. The van der Waals surface area contributed by atoms with E-state index in [-0.39, 0.29) is 12.8 Å². The molecule has 3 rings (SSSR count). The Hall–Kier alpha value is -1.47. The molecule has 0 aromatic carbocycles. The number of nitrogens with zero attached hydrogens (tertiary/aromatic N) is 3. The van der Waals surface area contributed by atoms with E-state index in [0.717, 1.165) is 15.6 Å². The topological polar surface area (TPSA) is 29.0 Å². The number of hydrogen-bond acceptors (Lipinski definition) is 4. The second kappa shape index (κ2) is 6.80. The molecule has 0 N–H and O–H groups in total. The largest absolute Gasteiger partial charge is 0.406 e. The Bertz CT molecular complexity index is 671. The summed E-state index contributed by atoms with van der Waals surface area (Å²) in [5, 5.41) is 0.748. The number of rotatable bonds is 5. The van der Waals surface area contributed by atoms with E-state index in [1.54, 1.807) is 17.3 Å². The van der Waals surface area contributed by atoms with Crippen LogP contribution in [0, 0.1) is 0 Å². The summed E-state index contributed by atoms with van der Waals surface area (Å²) in [6.07, 6.45) is 0.628. The van der Waals surface area contributed by atoms with Gasteiger partial charge in [-0.3, -0.25) is 9.88 Å². The number of likely N-dealkylation sites (tertiary alicyclic amines) is 1. The van der Waals surface area contributed by atoms with E-state index in [1.807, 2.05) is 25.1 Å². The minimum atomic E-state index is -4.20. The van der Waals surface area contributed by atoms with Gasteiger partial charge >= 0.3 is 6.18 Å². The lowest BCUT2D eigenvalue weighted by molar-refractivity contribution is -0.227. The third-order valence-electron chi connectivity index (χ3n) is 4.60. The van der Waals surface area contributed by atoms with Crippen molar-refractivity contribution in [3.8, 4) is 10.7 Å². The molecule has 0 radical (unpaired) electrons. The van der Waals surface area contributed by atoms with Crippen molar-refractivity contribution in [3.05, 3.63) is 35.5 Å². The van der Waals surface area contributed by atoms with Crippen molar-refractivity contribution >= 4 is 11.3 Å². The van der Waals surface area contributed by atoms with Crippen molar-refractivity contribution in [1.82, 2.24) is 14.9 Å². The van der Waals surface area contributed by atoms with Gasteiger partial charge in [0, 0.05) is 23.8 Å². The van der Waals surface area contributed by atoms with Crippen LogP contribution in [0.3, 0.4) is 0 Å². The Morgan fingerprint density at radius 1 is 1.29 bits per heavy atom. The fourth-order valence-electron chi connectivity index (χ4n) is 3.50. The van der Waals surface area contributed by atoms with Crippen molar-refractivity contribution in [2.45, 2.75) is 50.9 Å². The van der Waals surface area contributed by atoms with E-state index in [9.17, 15) is 13.2 Å². The average Bonchev–Trinajstić information content (AvgIpc) is 3.17. The maximum absolute atomic E-state index is 13.8. The van der Waals surface area contributed by atoms with Crippen molar-refractivity contribution < 1.29 is 13.2 Å². The minimum absolute atomic E-state index is 0.155. The average molecular weight is 355 g/mol. The van der Waals surface area contributed by atoms with Gasteiger partial charge in [0.15, 0.2) is 0 Å². The molecule has 3 nitrogen and oxygen atoms in total. The monoisotopic (exact) mass is 355 g/mol. The predicted octanol–water partition coefficient (Wildman–Crippen LogP) is 4.90. The molecule has 7 heteroatoms. The summed E-state index contributed by atoms with van der Waals surface area (Å²) in [7, 11) is 0. The summed E-state index contributed by atoms with van der Waals surface area (Å²) < 4.78 is 41.3. The molecule has 0 aliphatic carbocycles. The first-order valence-electron chi connectivity index (χ1n) is 8.14. The maximum atomic E-state index is 13.8. The van der Waals surface area contributed by atoms with Gasteiger partial charge < -0.3 is 0 Å². The molecule has 2 aromatic heterocycles. The lowest BCUT2D eigenvalue weighted by atomic mass is 9.89. The van der Waals surface area contributed by atoms with Crippen LogP contribution in [0.5, 0.6) is 0 Å². The summed E-state index contributed by atoms with van der Waals surface area (Å²) in [5.74, 6) is 0. The van der Waals surface area contributed by atoms with E-state index >= 15 is 0 Å². The lowest BCUT2D eigenvalue weighted by Gasteiger charge is -2.39. The van der Waals surface area contributed by atoms with Crippen LogP contribution < -0.4 is 0 Å². The zero-order valence-electron chi connectivity index (χ0n) is 13.5. The highest BCUT2D eigenvalue weighted by atomic mass is 32.1. The van der Waals surface area contributed by atoms with Crippen molar-refractivity contribution in [3.63, 3.8) is 0 Å². The van der Waals surface area contributed by atoms with Crippen molar-refractivity contribution in [2.24, 2.45) is 0 Å². The van der Waals surface area contributed by atoms with E-state index in [1.165, 1.54) is 11.3 Å². The van der Waals surface area contributed by atoms with Crippen LogP contribution >= 0.6 is 11.3 Å². The number of hydrogen-bond donors (Lipinski definition) is 0. The molecule has 24 heavy (non-hydrogen) atoms. The lowest BCUT2D eigenvalue weighted by Crippen LogP contribution is -2.54. The summed E-state index contributed by atoms with van der Waals surface area (Å²) in [5.41, 5.74) is -0.928. The van der Waals surface area contributed by atoms with Gasteiger partial charge in [0.1, 0.15) is 10.5 Å². The molecule has 1 fully saturated rings. The fraction of sp³-hybridized carbons (Fsp3) is 0.529. The van der Waals surface area contributed by atoms with Gasteiger partial charge in [0.2, 0.25) is 0 Å². The number of aromatic nitrogens is 2. The van der Waals surface area contributed by atoms with Crippen LogP contribution in [0.4, 0.5) is 13.2 Å². The third-order valence-corrected chi connectivity index (χ3v) is 5.60. The second-order valence-corrected chi connectivity index (χ2v) is 7.27. The molecular weight excluding hydrogens is 335 g/mol. The molecule has 1 atom stereocenters. The number of alkyl halides is 3. The van der Waals surface area contributed by atoms with Crippen molar-refractivity contribution in [2.75, 3.05) is 6.54 Å². The molecule has 0 unspecified atom stereocenters. The molecule has 0 spiro atoms. The first-order valence-corrected chi connectivity index (χ1v) is 8.96. The molecule has 3 heterocycles. The summed E-state index contributed by atoms with van der Waals surface area (Å²) in [6.45, 7) is 2.59. The Morgan fingerprint density at radius 2 is 2.12 bits per heavy atom. The highest BCUT2D eigenvalue weighted by Gasteiger charge is 2.59. The zero-order valence-corrected chi connectivity index (χ0v) is 14.3. The Labute approximate surface area is 143 Å².